The van der Waals surface area contributed by atoms with Crippen LogP contribution in [0, 0.1) is 24.2 Å². The van der Waals surface area contributed by atoms with Crippen LogP contribution in [0.2, 0.25) is 0 Å². The molecule has 0 saturated carbocycles. The second-order valence-electron chi connectivity index (χ2n) is 5.17. The molecule has 1 aromatic carbocycles. The van der Waals surface area contributed by atoms with Crippen molar-refractivity contribution in [3.05, 3.63) is 47.7 Å². The lowest BCUT2D eigenvalue weighted by Gasteiger charge is -2.32. The highest BCUT2D eigenvalue weighted by Gasteiger charge is 2.70. The number of amides is 2. The number of nitrogens with zero attached hydrogens (tertiary/aromatic N) is 1. The molecule has 8 heteroatoms. The summed E-state index contributed by atoms with van der Waals surface area (Å²) in [6.45, 7) is 5.00. The van der Waals surface area contributed by atoms with E-state index < -0.39 is 35.1 Å². The Morgan fingerprint density at radius 3 is 2.43 bits per heavy atom. The van der Waals surface area contributed by atoms with E-state index in [9.17, 15) is 22.8 Å². The fourth-order valence-corrected chi connectivity index (χ4v) is 2.33. The number of nitriles is 1. The van der Waals surface area contributed by atoms with Crippen LogP contribution in [0.1, 0.15) is 15.9 Å². The Hall–Kier alpha value is -2.82. The highest BCUT2D eigenvalue weighted by Crippen LogP contribution is 2.42. The summed E-state index contributed by atoms with van der Waals surface area (Å²) in [5.41, 5.74) is -3.00. The largest absolute Gasteiger partial charge is 0.422 e. The van der Waals surface area contributed by atoms with Gasteiger partial charge in [0.15, 0.2) is 0 Å². The van der Waals surface area contributed by atoms with Crippen LogP contribution in [-0.4, -0.2) is 23.5 Å². The van der Waals surface area contributed by atoms with Crippen LogP contribution in [0.4, 0.5) is 13.2 Å². The number of nitrogens with one attached hydrogen (secondary N) is 2. The second-order valence-corrected chi connectivity index (χ2v) is 5.17. The van der Waals surface area contributed by atoms with Crippen LogP contribution in [0.15, 0.2) is 36.5 Å². The quantitative estimate of drug-likeness (QED) is 0.871. The minimum absolute atomic E-state index is 0.0544. The van der Waals surface area contributed by atoms with Gasteiger partial charge in [0.25, 0.3) is 11.8 Å². The standard InChI is InChI=1S/C15H12F3N3O2/c1-8-3-5-10(6-4-8)12(22)21-14(15(16,17)18)11(7-19)9(2)20-13(14)23/h3-6,11H,2H2,1H3,(H,20,23)(H,21,22)/t11-,14+/m1/s1. The van der Waals surface area contributed by atoms with Gasteiger partial charge < -0.3 is 10.6 Å². The summed E-state index contributed by atoms with van der Waals surface area (Å²) in [5.74, 6) is -4.58. The fourth-order valence-electron chi connectivity index (χ4n) is 2.33. The number of carbonyl (C=O) groups excluding carboxylic acids is 2. The van der Waals surface area contributed by atoms with Crippen molar-refractivity contribution in [1.82, 2.24) is 10.6 Å². The van der Waals surface area contributed by atoms with E-state index in [4.69, 9.17) is 5.26 Å². The molecule has 1 heterocycles. The molecule has 0 aliphatic carbocycles. The highest BCUT2D eigenvalue weighted by atomic mass is 19.4. The maximum absolute atomic E-state index is 13.5. The average Bonchev–Trinajstić information content (AvgIpc) is 2.70. The summed E-state index contributed by atoms with van der Waals surface area (Å²) >= 11 is 0. The Labute approximate surface area is 129 Å². The van der Waals surface area contributed by atoms with Crippen molar-refractivity contribution in [1.29, 1.82) is 5.26 Å². The molecule has 1 saturated heterocycles. The molecule has 0 radical (unpaired) electrons. The van der Waals surface area contributed by atoms with Crippen LogP contribution in [0.25, 0.3) is 0 Å². The fraction of sp³-hybridized carbons (Fsp3) is 0.267. The third-order valence-electron chi connectivity index (χ3n) is 3.61. The first kappa shape index (κ1) is 16.5. The van der Waals surface area contributed by atoms with Gasteiger partial charge in [-0.05, 0) is 19.1 Å². The molecule has 0 bridgehead atoms. The van der Waals surface area contributed by atoms with Gasteiger partial charge in [-0.15, -0.1) is 0 Å². The molecule has 0 spiro atoms. The molecule has 1 fully saturated rings. The summed E-state index contributed by atoms with van der Waals surface area (Å²) in [5, 5.41) is 12.6. The minimum Gasteiger partial charge on any atom is -0.329 e. The number of rotatable bonds is 2. The van der Waals surface area contributed by atoms with E-state index in [2.05, 4.69) is 6.58 Å². The van der Waals surface area contributed by atoms with E-state index in [1.807, 2.05) is 5.32 Å². The molecule has 2 N–H and O–H groups in total. The van der Waals surface area contributed by atoms with Crippen molar-refractivity contribution in [3.8, 4) is 6.07 Å². The molecule has 2 amide bonds. The number of halogens is 3. The monoisotopic (exact) mass is 323 g/mol. The third kappa shape index (κ3) is 2.54. The first-order chi connectivity index (χ1) is 10.6. The zero-order valence-corrected chi connectivity index (χ0v) is 12.0. The Bertz CT molecular complexity index is 719. The number of hydrogen-bond donors (Lipinski definition) is 2. The molecule has 0 aromatic heterocycles. The summed E-state index contributed by atoms with van der Waals surface area (Å²) in [7, 11) is 0. The molecule has 23 heavy (non-hydrogen) atoms. The van der Waals surface area contributed by atoms with E-state index in [1.54, 1.807) is 24.4 Å². The second kappa shape index (κ2) is 5.43. The maximum Gasteiger partial charge on any atom is 0.422 e. The maximum atomic E-state index is 13.5. The van der Waals surface area contributed by atoms with Gasteiger partial charge in [-0.1, -0.05) is 24.3 Å². The number of alkyl halides is 3. The van der Waals surface area contributed by atoms with Crippen LogP contribution < -0.4 is 10.6 Å². The molecule has 2 atom stereocenters. The first-order valence-electron chi connectivity index (χ1n) is 6.49. The normalized spacial score (nSPS) is 24.0. The van der Waals surface area contributed by atoms with Crippen molar-refractivity contribution < 1.29 is 22.8 Å². The van der Waals surface area contributed by atoms with E-state index in [0.29, 0.717) is 0 Å². The summed E-state index contributed by atoms with van der Waals surface area (Å²) < 4.78 is 40.6. The molecule has 0 unspecified atom stereocenters. The molecule has 120 valence electrons. The van der Waals surface area contributed by atoms with E-state index in [-0.39, 0.29) is 5.56 Å². The van der Waals surface area contributed by atoms with Gasteiger partial charge in [0.1, 0.15) is 5.92 Å². The molecular formula is C15H12F3N3O2. The zero-order valence-electron chi connectivity index (χ0n) is 12.0. The summed E-state index contributed by atoms with van der Waals surface area (Å²) in [4.78, 5) is 24.0. The highest BCUT2D eigenvalue weighted by molar-refractivity contribution is 6.02. The number of benzene rings is 1. The van der Waals surface area contributed by atoms with Crippen molar-refractivity contribution in [3.63, 3.8) is 0 Å². The van der Waals surface area contributed by atoms with E-state index >= 15 is 0 Å². The molecule has 1 aromatic rings. The van der Waals surface area contributed by atoms with Crippen molar-refractivity contribution in [2.24, 2.45) is 5.92 Å². The predicted molar refractivity (Wildman–Crippen MR) is 73.8 cm³/mol. The van der Waals surface area contributed by atoms with Crippen LogP contribution in [0.3, 0.4) is 0 Å². The lowest BCUT2D eigenvalue weighted by molar-refractivity contribution is -0.197. The van der Waals surface area contributed by atoms with Gasteiger partial charge in [-0.2, -0.15) is 18.4 Å². The SMILES string of the molecule is C=C1NC(=O)[C@](NC(=O)c2ccc(C)cc2)(C(F)(F)F)[C@@H]1C#N. The summed E-state index contributed by atoms with van der Waals surface area (Å²) in [6.07, 6.45) is -5.17. The molecule has 1 aliphatic heterocycles. The topological polar surface area (TPSA) is 82.0 Å². The van der Waals surface area contributed by atoms with Gasteiger partial charge in [-0.25, -0.2) is 0 Å². The molecule has 5 nitrogen and oxygen atoms in total. The van der Waals surface area contributed by atoms with Gasteiger partial charge in [0.2, 0.25) is 5.54 Å². The summed E-state index contributed by atoms with van der Waals surface area (Å²) in [6, 6.07) is 7.14. The van der Waals surface area contributed by atoms with Gasteiger partial charge in [0.05, 0.1) is 6.07 Å². The van der Waals surface area contributed by atoms with Crippen molar-refractivity contribution >= 4 is 11.8 Å². The Morgan fingerprint density at radius 1 is 1.39 bits per heavy atom. The Kier molecular flexibility index (Phi) is 3.90. The lowest BCUT2D eigenvalue weighted by atomic mass is 9.84. The van der Waals surface area contributed by atoms with Gasteiger partial charge >= 0.3 is 6.18 Å². The van der Waals surface area contributed by atoms with Crippen molar-refractivity contribution in [2.75, 3.05) is 0 Å². The van der Waals surface area contributed by atoms with E-state index in [0.717, 1.165) is 5.56 Å². The van der Waals surface area contributed by atoms with Crippen LogP contribution in [-0.2, 0) is 4.79 Å². The van der Waals surface area contributed by atoms with Crippen LogP contribution in [0.5, 0.6) is 0 Å². The van der Waals surface area contributed by atoms with Gasteiger partial charge in [-0.3, -0.25) is 9.59 Å². The zero-order chi connectivity index (χ0) is 17.4. The first-order valence-corrected chi connectivity index (χ1v) is 6.49. The average molecular weight is 323 g/mol. The molecule has 1 aliphatic rings. The van der Waals surface area contributed by atoms with Crippen LogP contribution >= 0.6 is 0 Å². The lowest BCUT2D eigenvalue weighted by Crippen LogP contribution is -2.66. The third-order valence-corrected chi connectivity index (χ3v) is 3.61. The number of carbonyl (C=O) groups is 2. The van der Waals surface area contributed by atoms with Crippen molar-refractivity contribution in [2.45, 2.75) is 18.6 Å². The van der Waals surface area contributed by atoms with E-state index in [1.165, 1.54) is 18.2 Å². The Morgan fingerprint density at radius 2 is 1.96 bits per heavy atom. The Balaban J connectivity index is 2.47. The smallest absolute Gasteiger partial charge is 0.329 e. The number of hydrogen-bond acceptors (Lipinski definition) is 3. The predicted octanol–water partition coefficient (Wildman–Crippen LogP) is 1.81. The minimum atomic E-state index is -5.17. The number of aryl methyl sites for hydroxylation is 1. The van der Waals surface area contributed by atoms with Gasteiger partial charge in [0, 0.05) is 11.3 Å². The molecule has 2 rings (SSSR count). The molecular weight excluding hydrogens is 311 g/mol.